The first-order valence-electron chi connectivity index (χ1n) is 8.62. The summed E-state index contributed by atoms with van der Waals surface area (Å²) in [5.74, 6) is 0.900. The molecule has 1 saturated carbocycles. The van der Waals surface area contributed by atoms with Gasteiger partial charge < -0.3 is 10.6 Å². The van der Waals surface area contributed by atoms with Gasteiger partial charge in [-0.25, -0.2) is 0 Å². The predicted molar refractivity (Wildman–Crippen MR) is 84.6 cm³/mol. The lowest BCUT2D eigenvalue weighted by Crippen LogP contribution is -2.50. The SMILES string of the molecule is CC1CC(N)CN(CC(=O)N(C2=CCCCC2)C2CC2)C1. The fraction of sp³-hybridized carbons (Fsp3) is 0.824. The fourth-order valence-corrected chi connectivity index (χ4v) is 3.88. The fourth-order valence-electron chi connectivity index (χ4n) is 3.88. The molecule has 3 aliphatic rings. The van der Waals surface area contributed by atoms with Crippen molar-refractivity contribution in [2.75, 3.05) is 19.6 Å². The van der Waals surface area contributed by atoms with Crippen molar-refractivity contribution in [1.29, 1.82) is 0 Å². The zero-order chi connectivity index (χ0) is 14.8. The number of nitrogens with zero attached hydrogens (tertiary/aromatic N) is 2. The third-order valence-corrected chi connectivity index (χ3v) is 4.88. The van der Waals surface area contributed by atoms with Crippen LogP contribution in [0.15, 0.2) is 11.8 Å². The molecular weight excluding hydrogens is 262 g/mol. The first kappa shape index (κ1) is 15.0. The largest absolute Gasteiger partial charge is 0.327 e. The first-order valence-corrected chi connectivity index (χ1v) is 8.62. The number of nitrogens with two attached hydrogens (primary N) is 1. The monoisotopic (exact) mass is 291 g/mol. The molecule has 2 unspecified atom stereocenters. The van der Waals surface area contributed by atoms with Crippen molar-refractivity contribution in [1.82, 2.24) is 9.80 Å². The summed E-state index contributed by atoms with van der Waals surface area (Å²) in [4.78, 5) is 17.2. The van der Waals surface area contributed by atoms with Gasteiger partial charge in [-0.1, -0.05) is 13.0 Å². The highest BCUT2D eigenvalue weighted by molar-refractivity contribution is 5.80. The number of hydrogen-bond acceptors (Lipinski definition) is 3. The Kier molecular flexibility index (Phi) is 4.65. The molecule has 4 nitrogen and oxygen atoms in total. The third kappa shape index (κ3) is 3.86. The minimum absolute atomic E-state index is 0.227. The summed E-state index contributed by atoms with van der Waals surface area (Å²) < 4.78 is 0. The molecule has 1 heterocycles. The maximum atomic E-state index is 12.8. The second-order valence-corrected chi connectivity index (χ2v) is 7.23. The van der Waals surface area contributed by atoms with E-state index in [0.717, 1.165) is 32.4 Å². The Labute approximate surface area is 128 Å². The highest BCUT2D eigenvalue weighted by Gasteiger charge is 2.36. The average molecular weight is 291 g/mol. The lowest BCUT2D eigenvalue weighted by Gasteiger charge is -2.36. The molecular formula is C17H29N3O. The van der Waals surface area contributed by atoms with Gasteiger partial charge in [0.05, 0.1) is 6.54 Å². The number of rotatable bonds is 4. The molecule has 0 aromatic carbocycles. The van der Waals surface area contributed by atoms with Crippen LogP contribution in [0, 0.1) is 5.92 Å². The van der Waals surface area contributed by atoms with E-state index in [4.69, 9.17) is 5.73 Å². The van der Waals surface area contributed by atoms with Gasteiger partial charge in [0.25, 0.3) is 0 Å². The quantitative estimate of drug-likeness (QED) is 0.863. The molecule has 4 heteroatoms. The predicted octanol–water partition coefficient (Wildman–Crippen LogP) is 2.10. The molecule has 0 spiro atoms. The Balaban J connectivity index is 1.63. The van der Waals surface area contributed by atoms with Crippen molar-refractivity contribution in [3.63, 3.8) is 0 Å². The van der Waals surface area contributed by atoms with Crippen LogP contribution in [0.3, 0.4) is 0 Å². The molecule has 2 N–H and O–H groups in total. The molecule has 3 rings (SSSR count). The van der Waals surface area contributed by atoms with Crippen LogP contribution in [0.2, 0.25) is 0 Å². The van der Waals surface area contributed by atoms with E-state index in [2.05, 4.69) is 22.8 Å². The van der Waals surface area contributed by atoms with Crippen molar-refractivity contribution < 1.29 is 4.79 Å². The van der Waals surface area contributed by atoms with Gasteiger partial charge in [-0.2, -0.15) is 0 Å². The van der Waals surface area contributed by atoms with Crippen molar-refractivity contribution in [2.24, 2.45) is 11.7 Å². The summed E-state index contributed by atoms with van der Waals surface area (Å²) in [5.41, 5.74) is 7.40. The topological polar surface area (TPSA) is 49.6 Å². The Hall–Kier alpha value is -0.870. The summed E-state index contributed by atoms with van der Waals surface area (Å²) in [7, 11) is 0. The van der Waals surface area contributed by atoms with Gasteiger partial charge in [-0.05, 0) is 50.9 Å². The van der Waals surface area contributed by atoms with Crippen LogP contribution >= 0.6 is 0 Å². The normalized spacial score (nSPS) is 30.9. The van der Waals surface area contributed by atoms with Crippen LogP contribution in [0.1, 0.15) is 51.9 Å². The van der Waals surface area contributed by atoms with Crippen molar-refractivity contribution in [2.45, 2.75) is 64.0 Å². The maximum Gasteiger partial charge on any atom is 0.241 e. The zero-order valence-corrected chi connectivity index (χ0v) is 13.3. The van der Waals surface area contributed by atoms with Crippen LogP contribution in [-0.4, -0.2) is 47.4 Å². The van der Waals surface area contributed by atoms with Crippen LogP contribution in [0.25, 0.3) is 0 Å². The Morgan fingerprint density at radius 3 is 2.81 bits per heavy atom. The van der Waals surface area contributed by atoms with Gasteiger partial charge in [0.1, 0.15) is 0 Å². The molecule has 21 heavy (non-hydrogen) atoms. The van der Waals surface area contributed by atoms with E-state index >= 15 is 0 Å². The number of hydrogen-bond donors (Lipinski definition) is 1. The lowest BCUT2D eigenvalue weighted by molar-refractivity contribution is -0.131. The van der Waals surface area contributed by atoms with Crippen LogP contribution in [0.5, 0.6) is 0 Å². The highest BCUT2D eigenvalue weighted by Crippen LogP contribution is 2.34. The summed E-state index contributed by atoms with van der Waals surface area (Å²) in [6.07, 6.45) is 10.5. The average Bonchev–Trinajstić information content (AvgIpc) is 3.23. The van der Waals surface area contributed by atoms with Crippen LogP contribution in [0.4, 0.5) is 0 Å². The smallest absolute Gasteiger partial charge is 0.241 e. The number of likely N-dealkylation sites (tertiary alicyclic amines) is 1. The molecule has 0 aromatic rings. The van der Waals surface area contributed by atoms with E-state index in [-0.39, 0.29) is 6.04 Å². The zero-order valence-electron chi connectivity index (χ0n) is 13.3. The molecule has 0 bridgehead atoms. The minimum Gasteiger partial charge on any atom is -0.327 e. The molecule has 2 fully saturated rings. The number of amides is 1. The molecule has 0 aromatic heterocycles. The van der Waals surface area contributed by atoms with E-state index in [1.165, 1.54) is 31.4 Å². The lowest BCUT2D eigenvalue weighted by atomic mass is 9.96. The highest BCUT2D eigenvalue weighted by atomic mass is 16.2. The van der Waals surface area contributed by atoms with E-state index in [9.17, 15) is 4.79 Å². The van der Waals surface area contributed by atoms with Gasteiger partial charge in [0, 0.05) is 30.9 Å². The minimum atomic E-state index is 0.227. The molecule has 2 atom stereocenters. The molecule has 2 aliphatic carbocycles. The van der Waals surface area contributed by atoms with Gasteiger partial charge in [0.15, 0.2) is 0 Å². The van der Waals surface area contributed by atoms with E-state index < -0.39 is 0 Å². The maximum absolute atomic E-state index is 12.8. The van der Waals surface area contributed by atoms with Gasteiger partial charge in [-0.3, -0.25) is 9.69 Å². The van der Waals surface area contributed by atoms with E-state index in [1.54, 1.807) is 0 Å². The third-order valence-electron chi connectivity index (χ3n) is 4.88. The summed E-state index contributed by atoms with van der Waals surface area (Å²) in [5, 5.41) is 0. The number of piperidine rings is 1. The molecule has 1 aliphatic heterocycles. The number of carbonyl (C=O) groups excluding carboxylic acids is 1. The second kappa shape index (κ2) is 6.49. The van der Waals surface area contributed by atoms with Crippen molar-refractivity contribution in [3.8, 4) is 0 Å². The summed E-state index contributed by atoms with van der Waals surface area (Å²) in [6, 6.07) is 0.711. The molecule has 118 valence electrons. The van der Waals surface area contributed by atoms with Gasteiger partial charge >= 0.3 is 0 Å². The van der Waals surface area contributed by atoms with E-state index in [0.29, 0.717) is 24.4 Å². The Morgan fingerprint density at radius 1 is 1.38 bits per heavy atom. The summed E-state index contributed by atoms with van der Waals surface area (Å²) >= 11 is 0. The Bertz CT molecular complexity index is 406. The van der Waals surface area contributed by atoms with Crippen molar-refractivity contribution >= 4 is 5.91 Å². The molecule has 0 radical (unpaired) electrons. The standard InChI is InChI=1S/C17H29N3O/c1-13-9-14(18)11-19(10-13)12-17(21)20(16-7-8-16)15-5-3-2-4-6-15/h5,13-14,16H,2-4,6-12,18H2,1H3. The second-order valence-electron chi connectivity index (χ2n) is 7.23. The number of carbonyl (C=O) groups is 1. The van der Waals surface area contributed by atoms with Crippen LogP contribution < -0.4 is 5.73 Å². The van der Waals surface area contributed by atoms with Gasteiger partial charge in [0.2, 0.25) is 5.91 Å². The van der Waals surface area contributed by atoms with E-state index in [1.807, 2.05) is 0 Å². The number of allylic oxidation sites excluding steroid dienone is 2. The van der Waals surface area contributed by atoms with Crippen molar-refractivity contribution in [3.05, 3.63) is 11.8 Å². The van der Waals surface area contributed by atoms with Gasteiger partial charge in [-0.15, -0.1) is 0 Å². The first-order chi connectivity index (χ1) is 10.1. The summed E-state index contributed by atoms with van der Waals surface area (Å²) in [6.45, 7) is 4.66. The molecule has 1 amide bonds. The molecule has 1 saturated heterocycles. The Morgan fingerprint density at radius 2 is 2.19 bits per heavy atom. The van der Waals surface area contributed by atoms with Crippen LogP contribution in [-0.2, 0) is 4.79 Å².